The molecule has 78 valence electrons. The first kappa shape index (κ1) is 11.7. The molecule has 0 amide bonds. The smallest absolute Gasteiger partial charge is 0.128 e. The highest BCUT2D eigenvalue weighted by molar-refractivity contribution is 9.10. The SMILES string of the molecule is CC(C)(C)OCc1cc(Br)ccc1F. The molecule has 1 nitrogen and oxygen atoms in total. The van der Waals surface area contributed by atoms with Gasteiger partial charge in [-0.25, -0.2) is 4.39 Å². The fourth-order valence-electron chi connectivity index (χ4n) is 0.948. The Hall–Kier alpha value is -0.410. The van der Waals surface area contributed by atoms with E-state index in [-0.39, 0.29) is 11.4 Å². The third-order valence-electron chi connectivity index (χ3n) is 1.67. The summed E-state index contributed by atoms with van der Waals surface area (Å²) >= 11 is 3.29. The minimum Gasteiger partial charge on any atom is -0.371 e. The molecule has 3 heteroatoms. The maximum absolute atomic E-state index is 13.2. The quantitative estimate of drug-likeness (QED) is 0.784. The van der Waals surface area contributed by atoms with Gasteiger partial charge in [-0.05, 0) is 39.0 Å². The van der Waals surface area contributed by atoms with Crippen molar-refractivity contribution < 1.29 is 9.13 Å². The molecule has 0 fully saturated rings. The fraction of sp³-hybridized carbons (Fsp3) is 0.455. The van der Waals surface area contributed by atoms with Crippen molar-refractivity contribution in [3.05, 3.63) is 34.1 Å². The van der Waals surface area contributed by atoms with E-state index in [1.165, 1.54) is 6.07 Å². The zero-order valence-electron chi connectivity index (χ0n) is 8.60. The lowest BCUT2D eigenvalue weighted by atomic mass is 10.2. The molecule has 0 bridgehead atoms. The minimum atomic E-state index is -0.241. The molecule has 0 radical (unpaired) electrons. The molecule has 0 aliphatic heterocycles. The van der Waals surface area contributed by atoms with E-state index < -0.39 is 0 Å². The zero-order valence-corrected chi connectivity index (χ0v) is 10.2. The van der Waals surface area contributed by atoms with Gasteiger partial charge in [-0.2, -0.15) is 0 Å². The Morgan fingerprint density at radius 2 is 2.00 bits per heavy atom. The first-order chi connectivity index (χ1) is 6.38. The van der Waals surface area contributed by atoms with Crippen LogP contribution in [-0.2, 0) is 11.3 Å². The molecule has 14 heavy (non-hydrogen) atoms. The van der Waals surface area contributed by atoms with E-state index in [0.717, 1.165) is 4.47 Å². The van der Waals surface area contributed by atoms with Crippen LogP contribution in [0.4, 0.5) is 4.39 Å². The number of hydrogen-bond acceptors (Lipinski definition) is 1. The first-order valence-corrected chi connectivity index (χ1v) is 5.26. The van der Waals surface area contributed by atoms with E-state index in [0.29, 0.717) is 12.2 Å². The maximum atomic E-state index is 13.2. The third kappa shape index (κ3) is 3.76. The molecule has 0 heterocycles. The van der Waals surface area contributed by atoms with Crippen molar-refractivity contribution in [1.29, 1.82) is 0 Å². The van der Waals surface area contributed by atoms with Crippen molar-refractivity contribution in [1.82, 2.24) is 0 Å². The molecule has 0 spiro atoms. The summed E-state index contributed by atoms with van der Waals surface area (Å²) in [5.74, 6) is -0.225. The highest BCUT2D eigenvalue weighted by Crippen LogP contribution is 2.18. The second-order valence-corrected chi connectivity index (χ2v) is 5.05. The van der Waals surface area contributed by atoms with E-state index in [2.05, 4.69) is 15.9 Å². The fourth-order valence-corrected chi connectivity index (χ4v) is 1.36. The van der Waals surface area contributed by atoms with Crippen molar-refractivity contribution in [2.45, 2.75) is 33.0 Å². The van der Waals surface area contributed by atoms with Gasteiger partial charge >= 0.3 is 0 Å². The molecule has 0 N–H and O–H groups in total. The molecule has 1 aromatic rings. The highest BCUT2D eigenvalue weighted by atomic mass is 79.9. The van der Waals surface area contributed by atoms with Crippen LogP contribution in [-0.4, -0.2) is 5.60 Å². The van der Waals surface area contributed by atoms with Gasteiger partial charge in [0.1, 0.15) is 5.82 Å². The van der Waals surface area contributed by atoms with Crippen molar-refractivity contribution in [3.63, 3.8) is 0 Å². The van der Waals surface area contributed by atoms with Gasteiger partial charge in [-0.15, -0.1) is 0 Å². The largest absolute Gasteiger partial charge is 0.371 e. The predicted octanol–water partition coefficient (Wildman–Crippen LogP) is 3.90. The number of halogens is 2. The van der Waals surface area contributed by atoms with Crippen molar-refractivity contribution in [2.75, 3.05) is 0 Å². The highest BCUT2D eigenvalue weighted by Gasteiger charge is 2.11. The molecule has 0 saturated carbocycles. The van der Waals surface area contributed by atoms with Crippen LogP contribution in [0.3, 0.4) is 0 Å². The Morgan fingerprint density at radius 1 is 1.36 bits per heavy atom. The summed E-state index contributed by atoms with van der Waals surface area (Å²) in [6.07, 6.45) is 0. The molecule has 0 atom stereocenters. The summed E-state index contributed by atoms with van der Waals surface area (Å²) in [5.41, 5.74) is 0.337. The van der Waals surface area contributed by atoms with Crippen LogP contribution in [0.2, 0.25) is 0 Å². The van der Waals surface area contributed by atoms with Crippen LogP contribution in [0.5, 0.6) is 0 Å². The topological polar surface area (TPSA) is 9.23 Å². The Labute approximate surface area is 92.4 Å². The summed E-state index contributed by atoms with van der Waals surface area (Å²) in [7, 11) is 0. The van der Waals surface area contributed by atoms with Crippen LogP contribution in [0.15, 0.2) is 22.7 Å². The van der Waals surface area contributed by atoms with Crippen molar-refractivity contribution in [2.24, 2.45) is 0 Å². The van der Waals surface area contributed by atoms with Gasteiger partial charge in [0.2, 0.25) is 0 Å². The third-order valence-corrected chi connectivity index (χ3v) is 2.16. The van der Waals surface area contributed by atoms with Crippen LogP contribution in [0.25, 0.3) is 0 Å². The van der Waals surface area contributed by atoms with Gasteiger partial charge < -0.3 is 4.74 Å². The summed E-state index contributed by atoms with van der Waals surface area (Å²) in [6.45, 7) is 6.14. The summed E-state index contributed by atoms with van der Waals surface area (Å²) in [6, 6.07) is 4.85. The lowest BCUT2D eigenvalue weighted by molar-refractivity contribution is -0.0161. The van der Waals surface area contributed by atoms with Crippen LogP contribution >= 0.6 is 15.9 Å². The Morgan fingerprint density at radius 3 is 2.57 bits per heavy atom. The van der Waals surface area contributed by atoms with Crippen LogP contribution < -0.4 is 0 Å². The monoisotopic (exact) mass is 260 g/mol. The van der Waals surface area contributed by atoms with Crippen LogP contribution in [0.1, 0.15) is 26.3 Å². The van der Waals surface area contributed by atoms with Gasteiger partial charge in [-0.3, -0.25) is 0 Å². The zero-order chi connectivity index (χ0) is 10.8. The van der Waals surface area contributed by atoms with Crippen LogP contribution in [0, 0.1) is 5.82 Å². The molecular weight excluding hydrogens is 247 g/mol. The molecule has 0 unspecified atom stereocenters. The Bertz CT molecular complexity index is 318. The predicted molar refractivity (Wildman–Crippen MR) is 58.6 cm³/mol. The number of rotatable bonds is 2. The molecule has 1 rings (SSSR count). The maximum Gasteiger partial charge on any atom is 0.128 e. The first-order valence-electron chi connectivity index (χ1n) is 4.46. The van der Waals surface area contributed by atoms with Crippen molar-refractivity contribution in [3.8, 4) is 0 Å². The van der Waals surface area contributed by atoms with Crippen molar-refractivity contribution >= 4 is 15.9 Å². The summed E-state index contributed by atoms with van der Waals surface area (Å²) in [4.78, 5) is 0. The second kappa shape index (κ2) is 4.41. The molecule has 0 aliphatic rings. The Kier molecular flexibility index (Phi) is 3.67. The average Bonchev–Trinajstić information content (AvgIpc) is 2.05. The standard InChI is InChI=1S/C11H14BrFO/c1-11(2,3)14-7-8-6-9(12)4-5-10(8)13/h4-6H,7H2,1-3H3. The molecule has 0 aliphatic carbocycles. The number of benzene rings is 1. The normalized spacial score (nSPS) is 11.8. The molecule has 0 aromatic heterocycles. The van der Waals surface area contributed by atoms with E-state index in [1.54, 1.807) is 12.1 Å². The number of hydrogen-bond donors (Lipinski definition) is 0. The number of ether oxygens (including phenoxy) is 1. The summed E-state index contributed by atoms with van der Waals surface area (Å²) in [5, 5.41) is 0. The molecule has 0 saturated heterocycles. The van der Waals surface area contributed by atoms with E-state index in [4.69, 9.17) is 4.74 Å². The van der Waals surface area contributed by atoms with Gasteiger partial charge in [0, 0.05) is 10.0 Å². The van der Waals surface area contributed by atoms with Gasteiger partial charge in [0.15, 0.2) is 0 Å². The molecule has 1 aromatic carbocycles. The van der Waals surface area contributed by atoms with Gasteiger partial charge in [-0.1, -0.05) is 15.9 Å². The van der Waals surface area contributed by atoms with E-state index >= 15 is 0 Å². The molecular formula is C11H14BrFO. The average molecular weight is 261 g/mol. The van der Waals surface area contributed by atoms with Gasteiger partial charge in [0.05, 0.1) is 12.2 Å². The lowest BCUT2D eigenvalue weighted by Gasteiger charge is -2.19. The van der Waals surface area contributed by atoms with Gasteiger partial charge in [0.25, 0.3) is 0 Å². The van der Waals surface area contributed by atoms with E-state index in [9.17, 15) is 4.39 Å². The van der Waals surface area contributed by atoms with E-state index in [1.807, 2.05) is 20.8 Å². The Balaban J connectivity index is 2.72. The lowest BCUT2D eigenvalue weighted by Crippen LogP contribution is -2.19. The second-order valence-electron chi connectivity index (χ2n) is 4.14. The minimum absolute atomic E-state index is 0.225. The summed E-state index contributed by atoms with van der Waals surface area (Å²) < 4.78 is 19.6.